The fourth-order valence-electron chi connectivity index (χ4n) is 2.32. The van der Waals surface area contributed by atoms with Crippen LogP contribution in [0, 0.1) is 0 Å². The van der Waals surface area contributed by atoms with E-state index in [1.54, 1.807) is 0 Å². The lowest BCUT2D eigenvalue weighted by atomic mass is 10.1. The van der Waals surface area contributed by atoms with Gasteiger partial charge in [0.1, 0.15) is 0 Å². The molecule has 2 rings (SSSR count). The molecule has 0 bridgehead atoms. The second-order valence-corrected chi connectivity index (χ2v) is 6.12. The molecule has 1 atom stereocenters. The van der Waals surface area contributed by atoms with Crippen LogP contribution < -0.4 is 5.73 Å². The Morgan fingerprint density at radius 2 is 2.33 bits per heavy atom. The van der Waals surface area contributed by atoms with E-state index < -0.39 is 6.10 Å². The highest BCUT2D eigenvalue weighted by molar-refractivity contribution is 7.99. The van der Waals surface area contributed by atoms with E-state index in [0.717, 1.165) is 6.54 Å². The minimum atomic E-state index is -0.428. The lowest BCUT2D eigenvalue weighted by Gasteiger charge is -2.21. The van der Waals surface area contributed by atoms with Crippen LogP contribution in [0.1, 0.15) is 17.5 Å². The number of benzene rings is 1. The van der Waals surface area contributed by atoms with Crippen LogP contribution in [0.5, 0.6) is 0 Å². The molecule has 1 aliphatic rings. The van der Waals surface area contributed by atoms with Crippen LogP contribution >= 0.6 is 11.8 Å². The Bertz CT molecular complexity index is 397. The number of nitrogens with two attached hydrogens (primary N) is 1. The Kier molecular flexibility index (Phi) is 5.06. The molecule has 0 aliphatic carbocycles. The van der Waals surface area contributed by atoms with Crippen molar-refractivity contribution < 1.29 is 5.11 Å². The lowest BCUT2D eigenvalue weighted by molar-refractivity contribution is 0.129. The predicted molar refractivity (Wildman–Crippen MR) is 76.9 cm³/mol. The summed E-state index contributed by atoms with van der Waals surface area (Å²) < 4.78 is 0. The number of nitrogens with zero attached hydrogens (tertiary/aromatic N) is 1. The molecule has 1 heterocycles. The average molecular weight is 266 g/mol. The summed E-state index contributed by atoms with van der Waals surface area (Å²) in [7, 11) is 2.02. The van der Waals surface area contributed by atoms with Crippen LogP contribution in [-0.2, 0) is 13.0 Å². The third kappa shape index (κ3) is 3.72. The molecule has 0 saturated carbocycles. The molecule has 3 nitrogen and oxygen atoms in total. The van der Waals surface area contributed by atoms with Gasteiger partial charge in [0.15, 0.2) is 0 Å². The summed E-state index contributed by atoms with van der Waals surface area (Å²) >= 11 is 1.96. The van der Waals surface area contributed by atoms with E-state index in [0.29, 0.717) is 13.1 Å². The van der Waals surface area contributed by atoms with Gasteiger partial charge in [0.2, 0.25) is 0 Å². The number of likely N-dealkylation sites (N-methyl/N-ethyl adjacent to an activating group) is 1. The molecule has 0 fully saturated rings. The van der Waals surface area contributed by atoms with Gasteiger partial charge in [0.25, 0.3) is 0 Å². The standard InChI is InChI=1S/C14H22N2OS/c1-16(10-13(17)8-15)9-11-4-5-14-12(7-11)3-2-6-18-14/h4-5,7,13,17H,2-3,6,8-10,15H2,1H3. The highest BCUT2D eigenvalue weighted by atomic mass is 32.2. The quantitative estimate of drug-likeness (QED) is 0.847. The summed E-state index contributed by atoms with van der Waals surface area (Å²) in [6.07, 6.45) is 2.05. The summed E-state index contributed by atoms with van der Waals surface area (Å²) in [4.78, 5) is 3.56. The first-order valence-corrected chi connectivity index (χ1v) is 7.49. The van der Waals surface area contributed by atoms with Crippen LogP contribution in [0.15, 0.2) is 23.1 Å². The summed E-state index contributed by atoms with van der Waals surface area (Å²) in [5.41, 5.74) is 8.23. The molecule has 100 valence electrons. The van der Waals surface area contributed by atoms with Gasteiger partial charge in [-0.15, -0.1) is 11.8 Å². The highest BCUT2D eigenvalue weighted by Gasteiger charge is 2.11. The Morgan fingerprint density at radius 3 is 3.11 bits per heavy atom. The monoisotopic (exact) mass is 266 g/mol. The molecule has 1 aromatic carbocycles. The van der Waals surface area contributed by atoms with Gasteiger partial charge in [-0.05, 0) is 42.8 Å². The Hall–Kier alpha value is -0.550. The van der Waals surface area contributed by atoms with Gasteiger partial charge in [-0.3, -0.25) is 4.90 Å². The summed E-state index contributed by atoms with van der Waals surface area (Å²) in [6, 6.07) is 6.75. The van der Waals surface area contributed by atoms with E-state index in [1.165, 1.54) is 34.6 Å². The number of hydrogen-bond donors (Lipinski definition) is 2. The van der Waals surface area contributed by atoms with Crippen molar-refractivity contribution in [2.45, 2.75) is 30.4 Å². The van der Waals surface area contributed by atoms with Crippen LogP contribution in [0.25, 0.3) is 0 Å². The van der Waals surface area contributed by atoms with E-state index in [1.807, 2.05) is 18.8 Å². The molecule has 0 aromatic heterocycles. The van der Waals surface area contributed by atoms with Gasteiger partial charge in [0.05, 0.1) is 6.10 Å². The molecule has 0 spiro atoms. The summed E-state index contributed by atoms with van der Waals surface area (Å²) in [5, 5.41) is 9.53. The van der Waals surface area contributed by atoms with E-state index in [4.69, 9.17) is 5.73 Å². The fourth-order valence-corrected chi connectivity index (χ4v) is 3.34. The van der Waals surface area contributed by atoms with E-state index in [9.17, 15) is 5.11 Å². The maximum atomic E-state index is 9.53. The van der Waals surface area contributed by atoms with Crippen molar-refractivity contribution >= 4 is 11.8 Å². The molecule has 4 heteroatoms. The zero-order chi connectivity index (χ0) is 13.0. The van der Waals surface area contributed by atoms with Crippen molar-refractivity contribution in [2.75, 3.05) is 25.9 Å². The van der Waals surface area contributed by atoms with Gasteiger partial charge >= 0.3 is 0 Å². The van der Waals surface area contributed by atoms with Crippen LogP contribution in [0.4, 0.5) is 0 Å². The molecule has 1 aromatic rings. The smallest absolute Gasteiger partial charge is 0.0789 e. The topological polar surface area (TPSA) is 49.5 Å². The lowest BCUT2D eigenvalue weighted by Crippen LogP contribution is -2.33. The molecule has 1 aliphatic heterocycles. The number of thioether (sulfide) groups is 1. The average Bonchev–Trinajstić information content (AvgIpc) is 2.38. The number of fused-ring (bicyclic) bond motifs is 1. The number of rotatable bonds is 5. The molecule has 1 unspecified atom stereocenters. The SMILES string of the molecule is CN(Cc1ccc2c(c1)CCCS2)CC(O)CN. The van der Waals surface area contributed by atoms with Crippen molar-refractivity contribution in [1.82, 2.24) is 4.90 Å². The normalized spacial score (nSPS) is 16.7. The summed E-state index contributed by atoms with van der Waals surface area (Å²) in [6.45, 7) is 1.82. The van der Waals surface area contributed by atoms with Crippen LogP contribution in [0.3, 0.4) is 0 Å². The minimum absolute atomic E-state index is 0.325. The van der Waals surface area contributed by atoms with Crippen molar-refractivity contribution in [3.8, 4) is 0 Å². The maximum Gasteiger partial charge on any atom is 0.0789 e. The third-order valence-corrected chi connectivity index (χ3v) is 4.42. The number of aliphatic hydroxyl groups excluding tert-OH is 1. The highest BCUT2D eigenvalue weighted by Crippen LogP contribution is 2.30. The first-order chi connectivity index (χ1) is 8.69. The molecule has 3 N–H and O–H groups in total. The van der Waals surface area contributed by atoms with Crippen molar-refractivity contribution in [1.29, 1.82) is 0 Å². The van der Waals surface area contributed by atoms with E-state index >= 15 is 0 Å². The predicted octanol–water partition coefficient (Wildman–Crippen LogP) is 1.48. The van der Waals surface area contributed by atoms with Crippen molar-refractivity contribution in [3.05, 3.63) is 29.3 Å². The van der Waals surface area contributed by atoms with Crippen molar-refractivity contribution in [2.24, 2.45) is 5.73 Å². The van der Waals surface area contributed by atoms with Gasteiger partial charge < -0.3 is 10.8 Å². The number of aliphatic hydroxyl groups is 1. The molecular weight excluding hydrogens is 244 g/mol. The largest absolute Gasteiger partial charge is 0.390 e. The first-order valence-electron chi connectivity index (χ1n) is 6.50. The molecule has 0 saturated heterocycles. The zero-order valence-corrected chi connectivity index (χ0v) is 11.7. The minimum Gasteiger partial charge on any atom is -0.390 e. The summed E-state index contributed by atoms with van der Waals surface area (Å²) in [5.74, 6) is 1.24. The number of hydrogen-bond acceptors (Lipinski definition) is 4. The molecule has 0 amide bonds. The maximum absolute atomic E-state index is 9.53. The molecule has 18 heavy (non-hydrogen) atoms. The number of aryl methyl sites for hydroxylation is 1. The Balaban J connectivity index is 1.97. The van der Waals surface area contributed by atoms with Gasteiger partial charge in [0, 0.05) is 24.5 Å². The first kappa shape index (κ1) is 13.9. The Labute approximate surface area is 113 Å². The van der Waals surface area contributed by atoms with E-state index in [2.05, 4.69) is 23.1 Å². The van der Waals surface area contributed by atoms with Gasteiger partial charge in [-0.25, -0.2) is 0 Å². The van der Waals surface area contributed by atoms with Gasteiger partial charge in [-0.1, -0.05) is 12.1 Å². The van der Waals surface area contributed by atoms with Crippen molar-refractivity contribution in [3.63, 3.8) is 0 Å². The third-order valence-electron chi connectivity index (χ3n) is 3.22. The molecule has 0 radical (unpaired) electrons. The second-order valence-electron chi connectivity index (χ2n) is 4.98. The fraction of sp³-hybridized carbons (Fsp3) is 0.571. The Morgan fingerprint density at radius 1 is 1.50 bits per heavy atom. The van der Waals surface area contributed by atoms with Crippen LogP contribution in [-0.4, -0.2) is 42.0 Å². The van der Waals surface area contributed by atoms with Crippen LogP contribution in [0.2, 0.25) is 0 Å². The zero-order valence-electron chi connectivity index (χ0n) is 10.9. The van der Waals surface area contributed by atoms with E-state index in [-0.39, 0.29) is 0 Å². The van der Waals surface area contributed by atoms with Gasteiger partial charge in [-0.2, -0.15) is 0 Å². The second kappa shape index (κ2) is 6.57. The molecular formula is C14H22N2OS.